The lowest BCUT2D eigenvalue weighted by Gasteiger charge is -2.16. The predicted octanol–water partition coefficient (Wildman–Crippen LogP) is 5.72. The molecule has 0 aliphatic carbocycles. The first kappa shape index (κ1) is 24.4. The van der Waals surface area contributed by atoms with Gasteiger partial charge in [0.15, 0.2) is 5.75 Å². The summed E-state index contributed by atoms with van der Waals surface area (Å²) >= 11 is 0. The SMILES string of the molecule is COc1ccccc1NC(=O)c1cccc(C(F)(F)F)c1OC(C)=O.Fc1ccccc1. The second-order valence-corrected chi connectivity index (χ2v) is 6.22. The summed E-state index contributed by atoms with van der Waals surface area (Å²) in [4.78, 5) is 23.6. The van der Waals surface area contributed by atoms with E-state index in [1.54, 1.807) is 36.4 Å². The van der Waals surface area contributed by atoms with E-state index in [0.717, 1.165) is 25.1 Å². The van der Waals surface area contributed by atoms with Crippen molar-refractivity contribution < 1.29 is 36.6 Å². The van der Waals surface area contributed by atoms with Gasteiger partial charge in [-0.3, -0.25) is 9.59 Å². The fourth-order valence-corrected chi connectivity index (χ4v) is 2.54. The summed E-state index contributed by atoms with van der Waals surface area (Å²) in [5.41, 5.74) is -1.37. The van der Waals surface area contributed by atoms with Gasteiger partial charge in [-0.2, -0.15) is 13.2 Å². The van der Waals surface area contributed by atoms with Crippen molar-refractivity contribution in [3.63, 3.8) is 0 Å². The van der Waals surface area contributed by atoms with Gasteiger partial charge in [0.05, 0.1) is 23.9 Å². The standard InChI is InChI=1S/C17H14F3NO4.C6H5F/c1-10(22)25-15-11(6-5-7-12(15)17(18,19)20)16(23)21-13-8-3-4-9-14(13)24-2;7-6-4-2-1-3-5-6/h3-9H,1-2H3,(H,21,23);1-5H. The van der Waals surface area contributed by atoms with Crippen molar-refractivity contribution in [2.75, 3.05) is 12.4 Å². The van der Waals surface area contributed by atoms with E-state index in [1.807, 2.05) is 0 Å². The molecule has 3 aromatic carbocycles. The minimum Gasteiger partial charge on any atom is -0.495 e. The number of hydrogen-bond acceptors (Lipinski definition) is 4. The third-order valence-electron chi connectivity index (χ3n) is 3.90. The Labute approximate surface area is 181 Å². The van der Waals surface area contributed by atoms with Gasteiger partial charge in [0, 0.05) is 6.92 Å². The first-order chi connectivity index (χ1) is 15.1. The van der Waals surface area contributed by atoms with E-state index in [1.165, 1.54) is 25.3 Å². The summed E-state index contributed by atoms with van der Waals surface area (Å²) in [5.74, 6) is -2.52. The second-order valence-electron chi connectivity index (χ2n) is 6.22. The van der Waals surface area contributed by atoms with Crippen LogP contribution in [0.4, 0.5) is 23.2 Å². The molecular formula is C23H19F4NO4. The summed E-state index contributed by atoms with van der Waals surface area (Å²) < 4.78 is 61.1. The fourth-order valence-electron chi connectivity index (χ4n) is 2.54. The number of carbonyl (C=O) groups is 2. The first-order valence-corrected chi connectivity index (χ1v) is 9.17. The van der Waals surface area contributed by atoms with Crippen molar-refractivity contribution in [3.8, 4) is 11.5 Å². The maximum Gasteiger partial charge on any atom is 0.420 e. The van der Waals surface area contributed by atoms with E-state index in [2.05, 4.69) is 10.1 Å². The van der Waals surface area contributed by atoms with Gasteiger partial charge in [-0.05, 0) is 36.4 Å². The zero-order valence-electron chi connectivity index (χ0n) is 17.1. The van der Waals surface area contributed by atoms with Gasteiger partial charge in [0.1, 0.15) is 11.6 Å². The van der Waals surface area contributed by atoms with E-state index in [-0.39, 0.29) is 11.5 Å². The molecule has 0 unspecified atom stereocenters. The van der Waals surface area contributed by atoms with Crippen LogP contribution in [-0.2, 0) is 11.0 Å². The fraction of sp³-hybridized carbons (Fsp3) is 0.130. The number of methoxy groups -OCH3 is 1. The van der Waals surface area contributed by atoms with Crippen molar-refractivity contribution in [1.29, 1.82) is 0 Å². The van der Waals surface area contributed by atoms with Crippen LogP contribution >= 0.6 is 0 Å². The number of rotatable bonds is 4. The zero-order chi connectivity index (χ0) is 23.7. The number of alkyl halides is 3. The Morgan fingerprint density at radius 2 is 1.50 bits per heavy atom. The molecule has 0 radical (unpaired) electrons. The summed E-state index contributed by atoms with van der Waals surface area (Å²) in [6.45, 7) is 0.953. The third kappa shape index (κ3) is 6.83. The molecule has 0 aliphatic heterocycles. The lowest BCUT2D eigenvalue weighted by atomic mass is 10.1. The van der Waals surface area contributed by atoms with Crippen molar-refractivity contribution in [3.05, 3.63) is 89.7 Å². The van der Waals surface area contributed by atoms with Gasteiger partial charge in [-0.1, -0.05) is 36.4 Å². The average Bonchev–Trinajstić information content (AvgIpc) is 2.74. The Morgan fingerprint density at radius 1 is 0.875 bits per heavy atom. The van der Waals surface area contributed by atoms with Gasteiger partial charge in [-0.25, -0.2) is 4.39 Å². The molecule has 0 saturated carbocycles. The average molecular weight is 449 g/mol. The van der Waals surface area contributed by atoms with Crippen LogP contribution in [0.15, 0.2) is 72.8 Å². The Kier molecular flexibility index (Phi) is 8.34. The number of benzene rings is 3. The number of halogens is 4. The first-order valence-electron chi connectivity index (χ1n) is 9.17. The number of amides is 1. The molecule has 9 heteroatoms. The number of nitrogens with one attached hydrogen (secondary N) is 1. The van der Waals surface area contributed by atoms with E-state index in [0.29, 0.717) is 5.75 Å². The summed E-state index contributed by atoms with van der Waals surface area (Å²) in [6.07, 6.45) is -4.79. The van der Waals surface area contributed by atoms with Crippen LogP contribution in [0.2, 0.25) is 0 Å². The number of esters is 1. The zero-order valence-corrected chi connectivity index (χ0v) is 17.1. The minimum atomic E-state index is -4.79. The molecule has 1 N–H and O–H groups in total. The van der Waals surface area contributed by atoms with E-state index >= 15 is 0 Å². The summed E-state index contributed by atoms with van der Waals surface area (Å²) in [5, 5.41) is 2.45. The lowest BCUT2D eigenvalue weighted by molar-refractivity contribution is -0.141. The monoisotopic (exact) mass is 449 g/mol. The Morgan fingerprint density at radius 3 is 2.03 bits per heavy atom. The van der Waals surface area contributed by atoms with Crippen LogP contribution in [0, 0.1) is 5.82 Å². The predicted molar refractivity (Wildman–Crippen MR) is 110 cm³/mol. The molecule has 0 bridgehead atoms. The molecule has 1 amide bonds. The number of para-hydroxylation sites is 3. The molecule has 0 atom stereocenters. The molecule has 5 nitrogen and oxygen atoms in total. The Balaban J connectivity index is 0.000000439. The number of carbonyl (C=O) groups excluding carboxylic acids is 2. The highest BCUT2D eigenvalue weighted by atomic mass is 19.4. The smallest absolute Gasteiger partial charge is 0.420 e. The maximum atomic E-state index is 13.1. The van der Waals surface area contributed by atoms with Crippen molar-refractivity contribution >= 4 is 17.6 Å². The molecule has 3 rings (SSSR count). The molecular weight excluding hydrogens is 430 g/mol. The van der Waals surface area contributed by atoms with Crippen molar-refractivity contribution in [2.45, 2.75) is 13.1 Å². The lowest BCUT2D eigenvalue weighted by Crippen LogP contribution is -2.19. The number of ether oxygens (including phenoxy) is 2. The highest BCUT2D eigenvalue weighted by Gasteiger charge is 2.37. The van der Waals surface area contributed by atoms with Crippen molar-refractivity contribution in [2.24, 2.45) is 0 Å². The molecule has 0 spiro atoms. The second kappa shape index (κ2) is 10.9. The molecule has 0 aromatic heterocycles. The van der Waals surface area contributed by atoms with Gasteiger partial charge in [-0.15, -0.1) is 0 Å². The van der Waals surface area contributed by atoms with Gasteiger partial charge < -0.3 is 14.8 Å². The quantitative estimate of drug-likeness (QED) is 0.315. The van der Waals surface area contributed by atoms with Crippen LogP contribution in [0.5, 0.6) is 11.5 Å². The van der Waals surface area contributed by atoms with Crippen LogP contribution in [-0.4, -0.2) is 19.0 Å². The Hall–Kier alpha value is -3.88. The maximum absolute atomic E-state index is 13.1. The molecule has 0 fully saturated rings. The molecule has 3 aromatic rings. The Bertz CT molecular complexity index is 1070. The van der Waals surface area contributed by atoms with Crippen LogP contribution in [0.25, 0.3) is 0 Å². The summed E-state index contributed by atoms with van der Waals surface area (Å²) in [6, 6.07) is 17.3. The van der Waals surface area contributed by atoms with Gasteiger partial charge >= 0.3 is 12.1 Å². The molecule has 168 valence electrons. The molecule has 0 saturated heterocycles. The molecule has 0 heterocycles. The highest BCUT2D eigenvalue weighted by Crippen LogP contribution is 2.38. The molecule has 0 aliphatic rings. The van der Waals surface area contributed by atoms with E-state index < -0.39 is 34.9 Å². The van der Waals surface area contributed by atoms with E-state index in [4.69, 9.17) is 4.74 Å². The number of hydrogen-bond donors (Lipinski definition) is 1. The topological polar surface area (TPSA) is 64.6 Å². The third-order valence-corrected chi connectivity index (χ3v) is 3.90. The minimum absolute atomic E-state index is 0.178. The summed E-state index contributed by atoms with van der Waals surface area (Å²) in [7, 11) is 1.39. The highest BCUT2D eigenvalue weighted by molar-refractivity contribution is 6.07. The largest absolute Gasteiger partial charge is 0.495 e. The van der Waals surface area contributed by atoms with Gasteiger partial charge in [0.2, 0.25) is 0 Å². The molecule has 32 heavy (non-hydrogen) atoms. The van der Waals surface area contributed by atoms with Crippen LogP contribution in [0.3, 0.4) is 0 Å². The van der Waals surface area contributed by atoms with Crippen LogP contribution in [0.1, 0.15) is 22.8 Å². The van der Waals surface area contributed by atoms with Crippen LogP contribution < -0.4 is 14.8 Å². The van der Waals surface area contributed by atoms with Gasteiger partial charge in [0.25, 0.3) is 5.91 Å². The normalized spacial score (nSPS) is 10.4. The van der Waals surface area contributed by atoms with Crippen molar-refractivity contribution in [1.82, 2.24) is 0 Å². The number of anilines is 1. The van der Waals surface area contributed by atoms with E-state index in [9.17, 15) is 27.2 Å².